The summed E-state index contributed by atoms with van der Waals surface area (Å²) in [6.07, 6.45) is -1.13. The molecule has 0 aliphatic heterocycles. The number of nitrogens with one attached hydrogen (secondary N) is 1. The summed E-state index contributed by atoms with van der Waals surface area (Å²) >= 11 is 0. The van der Waals surface area contributed by atoms with Gasteiger partial charge in [-0.25, -0.2) is 0 Å². The van der Waals surface area contributed by atoms with Crippen LogP contribution in [0.3, 0.4) is 0 Å². The van der Waals surface area contributed by atoms with Gasteiger partial charge in [0.05, 0.1) is 6.10 Å². The van der Waals surface area contributed by atoms with Crippen LogP contribution in [-0.4, -0.2) is 40.7 Å². The summed E-state index contributed by atoms with van der Waals surface area (Å²) in [5.74, 6) is -1.27. The molecule has 0 aliphatic carbocycles. The van der Waals surface area contributed by atoms with Gasteiger partial charge < -0.3 is 21.3 Å². The van der Waals surface area contributed by atoms with Crippen molar-refractivity contribution in [1.29, 1.82) is 0 Å². The molecule has 0 aliphatic rings. The second-order valence-corrected chi connectivity index (χ2v) is 5.82. The zero-order valence-corrected chi connectivity index (χ0v) is 13.9. The topological polar surface area (TPSA) is 113 Å². The Bertz CT molecular complexity index is 714. The van der Waals surface area contributed by atoms with E-state index in [0.717, 1.165) is 11.1 Å². The second-order valence-electron chi connectivity index (χ2n) is 5.82. The monoisotopic (exact) mass is 342 g/mol. The van der Waals surface area contributed by atoms with Gasteiger partial charge in [0.25, 0.3) is 0 Å². The van der Waals surface area contributed by atoms with Crippen molar-refractivity contribution in [3.63, 3.8) is 0 Å². The molecule has 1 amide bonds. The first-order chi connectivity index (χ1) is 11.9. The highest BCUT2D eigenvalue weighted by atomic mass is 16.3. The number of nitrogens with two attached hydrogens (primary N) is 1. The lowest BCUT2D eigenvalue weighted by Crippen LogP contribution is -2.51. The molecule has 132 valence electrons. The number of hydrogen-bond acceptors (Lipinski definition) is 5. The van der Waals surface area contributed by atoms with Gasteiger partial charge >= 0.3 is 0 Å². The van der Waals surface area contributed by atoms with E-state index in [1.165, 1.54) is 6.92 Å². The number of aliphatic hydroxyl groups excluding tert-OH is 2. The highest BCUT2D eigenvalue weighted by Crippen LogP contribution is 2.21. The molecule has 0 aromatic heterocycles. The average molecular weight is 342 g/mol. The highest BCUT2D eigenvalue weighted by Gasteiger charge is 2.27. The molecule has 2 aromatic rings. The molecule has 5 N–H and O–H groups in total. The van der Waals surface area contributed by atoms with E-state index in [4.69, 9.17) is 10.8 Å². The number of aliphatic hydroxyl groups is 2. The Labute approximate surface area is 146 Å². The Morgan fingerprint density at radius 2 is 1.60 bits per heavy atom. The molecule has 2 rings (SSSR count). The maximum atomic E-state index is 12.3. The molecule has 0 saturated carbocycles. The van der Waals surface area contributed by atoms with Gasteiger partial charge in [0, 0.05) is 0 Å². The van der Waals surface area contributed by atoms with Crippen molar-refractivity contribution in [2.45, 2.75) is 25.1 Å². The zero-order chi connectivity index (χ0) is 18.4. The maximum Gasteiger partial charge on any atom is 0.242 e. The molecule has 0 spiro atoms. The van der Waals surface area contributed by atoms with Crippen LogP contribution < -0.4 is 11.1 Å². The fourth-order valence-electron chi connectivity index (χ4n) is 2.48. The summed E-state index contributed by atoms with van der Waals surface area (Å²) in [5, 5.41) is 20.9. The minimum absolute atomic E-state index is 0.581. The van der Waals surface area contributed by atoms with Crippen LogP contribution >= 0.6 is 0 Å². The summed E-state index contributed by atoms with van der Waals surface area (Å²) < 4.78 is 0. The highest BCUT2D eigenvalue weighted by molar-refractivity contribution is 5.92. The molecule has 3 atom stereocenters. The van der Waals surface area contributed by atoms with Crippen molar-refractivity contribution in [2.24, 2.45) is 5.73 Å². The van der Waals surface area contributed by atoms with Gasteiger partial charge in [0.2, 0.25) is 5.91 Å². The van der Waals surface area contributed by atoms with Crippen molar-refractivity contribution in [2.75, 3.05) is 6.61 Å². The fraction of sp³-hybridized carbons (Fsp3) is 0.263. The smallest absolute Gasteiger partial charge is 0.242 e. The van der Waals surface area contributed by atoms with Crippen LogP contribution in [0.5, 0.6) is 0 Å². The first kappa shape index (κ1) is 18.8. The summed E-state index contributed by atoms with van der Waals surface area (Å²) in [5.41, 5.74) is 8.58. The van der Waals surface area contributed by atoms with E-state index in [0.29, 0.717) is 5.56 Å². The first-order valence-electron chi connectivity index (χ1n) is 7.97. The molecule has 0 bridgehead atoms. The largest absolute Gasteiger partial charge is 0.391 e. The number of hydrogen-bond donors (Lipinski definition) is 4. The molecule has 0 heterocycles. The number of benzene rings is 2. The lowest BCUT2D eigenvalue weighted by atomic mass is 10.00. The Kier molecular flexibility index (Phi) is 6.41. The van der Waals surface area contributed by atoms with Crippen LogP contribution in [0, 0.1) is 0 Å². The fourth-order valence-corrected chi connectivity index (χ4v) is 2.48. The zero-order valence-electron chi connectivity index (χ0n) is 13.9. The maximum absolute atomic E-state index is 12.3. The third-order valence-corrected chi connectivity index (χ3v) is 3.94. The van der Waals surface area contributed by atoms with Crippen molar-refractivity contribution in [1.82, 2.24) is 5.32 Å². The molecule has 0 radical (unpaired) electrons. The van der Waals surface area contributed by atoms with Crippen LogP contribution in [0.4, 0.5) is 0 Å². The minimum atomic E-state index is -1.19. The molecule has 6 nitrogen and oxygen atoms in total. The number of Topliss-reactive ketones (excluding diaryl/α,β-unsaturated/α-hetero) is 1. The molecule has 6 heteroatoms. The Balaban J connectivity index is 2.10. The lowest BCUT2D eigenvalue weighted by molar-refractivity contribution is -0.132. The third-order valence-electron chi connectivity index (χ3n) is 3.94. The van der Waals surface area contributed by atoms with Gasteiger partial charge in [0.15, 0.2) is 5.78 Å². The number of carbonyl (C=O) groups excluding carboxylic acids is 2. The molecule has 0 unspecified atom stereocenters. The van der Waals surface area contributed by atoms with Gasteiger partial charge in [-0.2, -0.15) is 0 Å². The van der Waals surface area contributed by atoms with Crippen LogP contribution in [0.25, 0.3) is 11.1 Å². The molecule has 0 fully saturated rings. The van der Waals surface area contributed by atoms with E-state index in [2.05, 4.69) is 5.32 Å². The summed E-state index contributed by atoms with van der Waals surface area (Å²) in [4.78, 5) is 23.8. The summed E-state index contributed by atoms with van der Waals surface area (Å²) in [6, 6.07) is 14.8. The Morgan fingerprint density at radius 3 is 2.12 bits per heavy atom. The average Bonchev–Trinajstić information content (AvgIpc) is 2.65. The normalized spacial score (nSPS) is 14.4. The molecule has 25 heavy (non-hydrogen) atoms. The predicted octanol–water partition coefficient (Wildman–Crippen LogP) is 0.780. The van der Waals surface area contributed by atoms with E-state index in [1.807, 2.05) is 42.5 Å². The number of carbonyl (C=O) groups is 2. The molecular weight excluding hydrogens is 320 g/mol. The first-order valence-corrected chi connectivity index (χ1v) is 7.97. The quantitative estimate of drug-likeness (QED) is 0.594. The molecule has 2 aromatic carbocycles. The van der Waals surface area contributed by atoms with Crippen LogP contribution in [-0.2, 0) is 9.59 Å². The van der Waals surface area contributed by atoms with E-state index < -0.39 is 36.5 Å². The lowest BCUT2D eigenvalue weighted by Gasteiger charge is -2.21. The summed E-state index contributed by atoms with van der Waals surface area (Å²) in [7, 11) is 0. The van der Waals surface area contributed by atoms with Crippen molar-refractivity contribution < 1.29 is 19.8 Å². The van der Waals surface area contributed by atoms with E-state index in [1.54, 1.807) is 12.1 Å². The third kappa shape index (κ3) is 4.73. The number of rotatable bonds is 7. The van der Waals surface area contributed by atoms with E-state index in [9.17, 15) is 14.7 Å². The number of amides is 1. The van der Waals surface area contributed by atoms with Gasteiger partial charge in [-0.05, 0) is 23.6 Å². The SMILES string of the molecule is C[C@@H](O)[C@H](NC(=O)[C@@H](N)c1ccc(-c2ccccc2)cc1)C(=O)CO. The standard InChI is InChI=1S/C19H22N2O4/c1-12(23)18(16(24)11-22)21-19(25)17(20)15-9-7-14(8-10-15)13-5-3-2-4-6-13/h2-10,12,17-18,22-23H,11,20H2,1H3,(H,21,25)/t12-,17+,18+/m1/s1. The molecule has 0 saturated heterocycles. The Hall–Kier alpha value is -2.54. The van der Waals surface area contributed by atoms with Crippen LogP contribution in [0.1, 0.15) is 18.5 Å². The van der Waals surface area contributed by atoms with Gasteiger partial charge in [0.1, 0.15) is 18.7 Å². The Morgan fingerprint density at radius 1 is 1.04 bits per heavy atom. The molecular formula is C19H22N2O4. The van der Waals surface area contributed by atoms with Gasteiger partial charge in [-0.1, -0.05) is 54.6 Å². The van der Waals surface area contributed by atoms with E-state index >= 15 is 0 Å². The van der Waals surface area contributed by atoms with Gasteiger partial charge in [-0.15, -0.1) is 0 Å². The van der Waals surface area contributed by atoms with E-state index in [-0.39, 0.29) is 0 Å². The summed E-state index contributed by atoms with van der Waals surface area (Å²) in [6.45, 7) is 0.593. The predicted molar refractivity (Wildman–Crippen MR) is 94.5 cm³/mol. The van der Waals surface area contributed by atoms with Crippen molar-refractivity contribution in [3.8, 4) is 11.1 Å². The van der Waals surface area contributed by atoms with Crippen molar-refractivity contribution >= 4 is 11.7 Å². The minimum Gasteiger partial charge on any atom is -0.391 e. The van der Waals surface area contributed by atoms with Gasteiger partial charge in [-0.3, -0.25) is 9.59 Å². The van der Waals surface area contributed by atoms with Crippen LogP contribution in [0.15, 0.2) is 54.6 Å². The number of ketones is 1. The second kappa shape index (κ2) is 8.53. The van der Waals surface area contributed by atoms with Crippen molar-refractivity contribution in [3.05, 3.63) is 60.2 Å². The van der Waals surface area contributed by atoms with Crippen LogP contribution in [0.2, 0.25) is 0 Å².